The second-order valence-electron chi connectivity index (χ2n) is 2.80. The summed E-state index contributed by atoms with van der Waals surface area (Å²) in [5, 5.41) is 0. The van der Waals surface area contributed by atoms with Gasteiger partial charge in [-0.2, -0.15) is 0 Å². The number of hydrogen-bond acceptors (Lipinski definition) is 2. The lowest BCUT2D eigenvalue weighted by atomic mass is 10.2. The van der Waals surface area contributed by atoms with Gasteiger partial charge >= 0.3 is 0 Å². The van der Waals surface area contributed by atoms with Gasteiger partial charge in [-0.1, -0.05) is 27.5 Å². The van der Waals surface area contributed by atoms with E-state index in [9.17, 15) is 0 Å². The van der Waals surface area contributed by atoms with Gasteiger partial charge in [-0.3, -0.25) is 0 Å². The van der Waals surface area contributed by atoms with Crippen LogP contribution in [-0.4, -0.2) is 18.5 Å². The summed E-state index contributed by atoms with van der Waals surface area (Å²) in [5.41, 5.74) is 0. The minimum atomic E-state index is 0.443. The summed E-state index contributed by atoms with van der Waals surface area (Å²) < 4.78 is 5.90. The van der Waals surface area contributed by atoms with E-state index < -0.39 is 0 Å². The van der Waals surface area contributed by atoms with Crippen LogP contribution in [0.2, 0.25) is 4.34 Å². The first-order valence-electron chi connectivity index (χ1n) is 4.09. The van der Waals surface area contributed by atoms with Crippen molar-refractivity contribution in [3.63, 3.8) is 0 Å². The maximum absolute atomic E-state index is 5.82. The molecule has 0 aliphatic rings. The number of aryl methyl sites for hydroxylation is 1. The molecule has 0 spiro atoms. The van der Waals surface area contributed by atoms with Gasteiger partial charge in [0.1, 0.15) is 0 Å². The van der Waals surface area contributed by atoms with Gasteiger partial charge in [0.15, 0.2) is 0 Å². The Labute approximate surface area is 96.2 Å². The fourth-order valence-electron chi connectivity index (χ4n) is 1.05. The summed E-state index contributed by atoms with van der Waals surface area (Å²) in [4.78, 5) is 1.78. The molecule has 0 fully saturated rings. The highest BCUT2D eigenvalue weighted by molar-refractivity contribution is 9.09. The first-order chi connectivity index (χ1) is 6.22. The topological polar surface area (TPSA) is 9.23 Å². The lowest BCUT2D eigenvalue weighted by Gasteiger charge is -2.06. The summed E-state index contributed by atoms with van der Waals surface area (Å²) in [6.45, 7) is 0.763. The van der Waals surface area contributed by atoms with Crippen LogP contribution in [0.3, 0.4) is 0 Å². The van der Waals surface area contributed by atoms with E-state index in [-0.39, 0.29) is 0 Å². The van der Waals surface area contributed by atoms with Crippen LogP contribution < -0.4 is 0 Å². The van der Waals surface area contributed by atoms with E-state index >= 15 is 0 Å². The van der Waals surface area contributed by atoms with Crippen LogP contribution in [-0.2, 0) is 11.2 Å². The zero-order chi connectivity index (χ0) is 9.68. The van der Waals surface area contributed by atoms with Gasteiger partial charge in [0.05, 0.1) is 10.9 Å². The van der Waals surface area contributed by atoms with Crippen LogP contribution in [0.15, 0.2) is 12.1 Å². The Hall–Kier alpha value is 0.430. The van der Waals surface area contributed by atoms with Crippen molar-refractivity contribution in [2.45, 2.75) is 17.7 Å². The smallest absolute Gasteiger partial charge is 0.0931 e. The quantitative estimate of drug-likeness (QED) is 0.748. The first kappa shape index (κ1) is 11.5. The molecule has 0 saturated carbocycles. The maximum Gasteiger partial charge on any atom is 0.0931 e. The third-order valence-electron chi connectivity index (χ3n) is 1.68. The molecule has 1 nitrogen and oxygen atoms in total. The first-order valence-corrected chi connectivity index (χ1v) is 6.20. The SMILES string of the molecule is COCC(Br)CCc1ccc(Cl)s1. The molecular weight excluding hydrogens is 272 g/mol. The lowest BCUT2D eigenvalue weighted by Crippen LogP contribution is -2.07. The maximum atomic E-state index is 5.82. The van der Waals surface area contributed by atoms with Crippen molar-refractivity contribution in [2.24, 2.45) is 0 Å². The van der Waals surface area contributed by atoms with Crippen LogP contribution in [0.4, 0.5) is 0 Å². The molecule has 13 heavy (non-hydrogen) atoms. The Morgan fingerprint density at radius 3 is 2.92 bits per heavy atom. The Balaban J connectivity index is 2.26. The van der Waals surface area contributed by atoms with E-state index in [0.717, 1.165) is 23.8 Å². The van der Waals surface area contributed by atoms with Crippen molar-refractivity contribution >= 4 is 38.9 Å². The summed E-state index contributed by atoms with van der Waals surface area (Å²) in [7, 11) is 1.72. The van der Waals surface area contributed by atoms with Crippen molar-refractivity contribution < 1.29 is 4.74 Å². The average Bonchev–Trinajstić information content (AvgIpc) is 2.49. The zero-order valence-corrected chi connectivity index (χ0v) is 10.6. The molecule has 0 amide bonds. The van der Waals surface area contributed by atoms with Crippen molar-refractivity contribution in [3.05, 3.63) is 21.3 Å². The second-order valence-corrected chi connectivity index (χ2v) is 5.89. The minimum Gasteiger partial charge on any atom is -0.384 e. The predicted molar refractivity (Wildman–Crippen MR) is 62.2 cm³/mol. The van der Waals surface area contributed by atoms with E-state index in [1.54, 1.807) is 18.4 Å². The van der Waals surface area contributed by atoms with Gasteiger partial charge in [-0.15, -0.1) is 11.3 Å². The van der Waals surface area contributed by atoms with Gasteiger partial charge in [-0.05, 0) is 25.0 Å². The van der Waals surface area contributed by atoms with E-state index in [2.05, 4.69) is 22.0 Å². The molecule has 1 rings (SSSR count). The number of alkyl halides is 1. The number of ether oxygens (including phenoxy) is 1. The van der Waals surface area contributed by atoms with E-state index in [0.29, 0.717) is 4.83 Å². The van der Waals surface area contributed by atoms with Gasteiger partial charge in [0.25, 0.3) is 0 Å². The molecule has 0 aliphatic carbocycles. The average molecular weight is 284 g/mol. The Morgan fingerprint density at radius 2 is 2.38 bits per heavy atom. The van der Waals surface area contributed by atoms with E-state index in [4.69, 9.17) is 16.3 Å². The van der Waals surface area contributed by atoms with Gasteiger partial charge < -0.3 is 4.74 Å². The molecule has 1 heterocycles. The summed E-state index contributed by atoms with van der Waals surface area (Å²) >= 11 is 11.0. The molecule has 1 aromatic rings. The fourth-order valence-corrected chi connectivity index (χ4v) is 2.65. The number of methoxy groups -OCH3 is 1. The number of rotatable bonds is 5. The van der Waals surface area contributed by atoms with Crippen LogP contribution in [0.25, 0.3) is 0 Å². The number of halogens is 2. The van der Waals surface area contributed by atoms with Crippen molar-refractivity contribution in [2.75, 3.05) is 13.7 Å². The van der Waals surface area contributed by atoms with Gasteiger partial charge in [-0.25, -0.2) is 0 Å². The third kappa shape index (κ3) is 4.45. The van der Waals surface area contributed by atoms with Crippen LogP contribution in [0, 0.1) is 0 Å². The van der Waals surface area contributed by atoms with E-state index in [1.165, 1.54) is 4.88 Å². The van der Waals surface area contributed by atoms with Crippen molar-refractivity contribution in [1.82, 2.24) is 0 Å². The second kappa shape index (κ2) is 6.02. The monoisotopic (exact) mass is 282 g/mol. The molecule has 4 heteroatoms. The molecule has 1 atom stereocenters. The lowest BCUT2D eigenvalue weighted by molar-refractivity contribution is 0.198. The van der Waals surface area contributed by atoms with Crippen LogP contribution in [0.1, 0.15) is 11.3 Å². The highest BCUT2D eigenvalue weighted by Crippen LogP contribution is 2.23. The molecule has 0 radical (unpaired) electrons. The summed E-state index contributed by atoms with van der Waals surface area (Å²) in [5.74, 6) is 0. The summed E-state index contributed by atoms with van der Waals surface area (Å²) in [6.07, 6.45) is 2.15. The Morgan fingerprint density at radius 1 is 1.62 bits per heavy atom. The highest BCUT2D eigenvalue weighted by atomic mass is 79.9. The third-order valence-corrected chi connectivity index (χ3v) is 3.69. The molecule has 0 N–H and O–H groups in total. The minimum absolute atomic E-state index is 0.443. The van der Waals surface area contributed by atoms with Crippen LogP contribution in [0.5, 0.6) is 0 Å². The van der Waals surface area contributed by atoms with Gasteiger partial charge in [0, 0.05) is 16.8 Å². The largest absolute Gasteiger partial charge is 0.384 e. The standard InChI is InChI=1S/C9H12BrClOS/c1-12-6-7(10)2-3-8-4-5-9(11)13-8/h4-5,7H,2-3,6H2,1H3. The fraction of sp³-hybridized carbons (Fsp3) is 0.556. The Kier molecular flexibility index (Phi) is 5.32. The molecule has 74 valence electrons. The molecular formula is C9H12BrClOS. The molecule has 1 aromatic heterocycles. The number of thiophene rings is 1. The predicted octanol–water partition coefficient (Wildman–Crippen LogP) is 3.74. The number of hydrogen-bond donors (Lipinski definition) is 0. The molecule has 1 unspecified atom stereocenters. The normalized spacial score (nSPS) is 13.2. The molecule has 0 aliphatic heterocycles. The van der Waals surface area contributed by atoms with Crippen LogP contribution >= 0.6 is 38.9 Å². The van der Waals surface area contributed by atoms with E-state index in [1.807, 2.05) is 6.07 Å². The molecule has 0 aromatic carbocycles. The highest BCUT2D eigenvalue weighted by Gasteiger charge is 2.05. The molecule has 0 saturated heterocycles. The molecule has 0 bridgehead atoms. The van der Waals surface area contributed by atoms with Crippen molar-refractivity contribution in [3.8, 4) is 0 Å². The van der Waals surface area contributed by atoms with Crippen molar-refractivity contribution in [1.29, 1.82) is 0 Å². The van der Waals surface area contributed by atoms with Gasteiger partial charge in [0.2, 0.25) is 0 Å². The summed E-state index contributed by atoms with van der Waals surface area (Å²) in [6, 6.07) is 4.03. The zero-order valence-electron chi connectivity index (χ0n) is 7.43. The Bertz CT molecular complexity index is 252.